The Labute approximate surface area is 239 Å². The van der Waals surface area contributed by atoms with E-state index in [-0.39, 0.29) is 25.4 Å². The maximum absolute atomic E-state index is 13.6. The van der Waals surface area contributed by atoms with E-state index in [0.29, 0.717) is 0 Å². The molecular weight excluding hydrogens is 516 g/mol. The third-order valence-electron chi connectivity index (χ3n) is 7.56. The summed E-state index contributed by atoms with van der Waals surface area (Å²) in [5.41, 5.74) is 6.04. The van der Waals surface area contributed by atoms with E-state index < -0.39 is 30.1 Å². The quantitative estimate of drug-likeness (QED) is 0.281. The van der Waals surface area contributed by atoms with Crippen LogP contribution in [0.25, 0.3) is 11.1 Å². The van der Waals surface area contributed by atoms with Crippen LogP contribution in [0.2, 0.25) is 0 Å². The van der Waals surface area contributed by atoms with E-state index in [0.717, 1.165) is 33.4 Å². The van der Waals surface area contributed by atoms with Crippen LogP contribution in [0.4, 0.5) is 4.79 Å². The van der Waals surface area contributed by atoms with E-state index in [4.69, 9.17) is 4.74 Å². The highest BCUT2D eigenvalue weighted by atomic mass is 16.6. The van der Waals surface area contributed by atoms with Gasteiger partial charge in [-0.15, -0.1) is 0 Å². The standard InChI is InChI=1S/C34H32N2O5/c1-36(34(40)41-22-29-27-18-10-8-16-25(27)26-17-9-11-19-28(26)29)31(21-24-14-6-3-7-15-24)32(37)35-30(33(38)39)20-23-12-4-2-5-13-23/h2-19,29-31H,20-22H2,1H3,(H,35,37)(H,38,39)/t30-,31-/m0/s1. The summed E-state index contributed by atoms with van der Waals surface area (Å²) in [5, 5.41) is 12.5. The molecule has 0 saturated carbocycles. The van der Waals surface area contributed by atoms with Gasteiger partial charge in [0, 0.05) is 25.8 Å². The molecule has 0 radical (unpaired) electrons. The van der Waals surface area contributed by atoms with Gasteiger partial charge in [0.05, 0.1) is 0 Å². The number of carboxylic acids is 1. The molecule has 2 amide bonds. The summed E-state index contributed by atoms with van der Waals surface area (Å²) in [6.07, 6.45) is -0.336. The Morgan fingerprint density at radius 3 is 1.78 bits per heavy atom. The fourth-order valence-corrected chi connectivity index (χ4v) is 5.38. The SMILES string of the molecule is CN(C(=O)OCC1c2ccccc2-c2ccccc21)[C@@H](Cc1ccccc1)C(=O)N[C@@H](Cc1ccccc1)C(=O)O. The van der Waals surface area contributed by atoms with Crippen molar-refractivity contribution in [2.24, 2.45) is 0 Å². The predicted molar refractivity (Wildman–Crippen MR) is 156 cm³/mol. The molecule has 2 atom stereocenters. The molecule has 5 rings (SSSR count). The molecule has 0 bridgehead atoms. The van der Waals surface area contributed by atoms with E-state index in [1.54, 1.807) is 0 Å². The first-order valence-electron chi connectivity index (χ1n) is 13.6. The molecule has 0 spiro atoms. The minimum atomic E-state index is -1.15. The molecule has 0 unspecified atom stereocenters. The number of hydrogen-bond acceptors (Lipinski definition) is 4. The molecule has 4 aromatic rings. The van der Waals surface area contributed by atoms with Crippen molar-refractivity contribution >= 4 is 18.0 Å². The number of benzene rings is 4. The van der Waals surface area contributed by atoms with E-state index >= 15 is 0 Å². The van der Waals surface area contributed by atoms with Crippen LogP contribution in [0.3, 0.4) is 0 Å². The van der Waals surface area contributed by atoms with E-state index in [1.165, 1.54) is 11.9 Å². The predicted octanol–water partition coefficient (Wildman–Crippen LogP) is 5.29. The van der Waals surface area contributed by atoms with Gasteiger partial charge in [-0.05, 0) is 33.4 Å². The first kappa shape index (κ1) is 27.6. The number of hydrogen-bond donors (Lipinski definition) is 2. The smallest absolute Gasteiger partial charge is 0.410 e. The van der Waals surface area contributed by atoms with Crippen molar-refractivity contribution in [3.05, 3.63) is 131 Å². The zero-order valence-corrected chi connectivity index (χ0v) is 22.8. The minimum absolute atomic E-state index is 0.114. The van der Waals surface area contributed by atoms with Gasteiger partial charge in [-0.2, -0.15) is 0 Å². The number of carbonyl (C=O) groups excluding carboxylic acids is 2. The second kappa shape index (κ2) is 12.5. The topological polar surface area (TPSA) is 95.9 Å². The monoisotopic (exact) mass is 548 g/mol. The van der Waals surface area contributed by atoms with Crippen LogP contribution >= 0.6 is 0 Å². The molecule has 0 saturated heterocycles. The van der Waals surface area contributed by atoms with Crippen molar-refractivity contribution in [3.63, 3.8) is 0 Å². The van der Waals surface area contributed by atoms with Crippen LogP contribution in [0.15, 0.2) is 109 Å². The number of likely N-dealkylation sites (N-methyl/N-ethyl adjacent to an activating group) is 1. The van der Waals surface area contributed by atoms with Gasteiger partial charge < -0.3 is 15.2 Å². The first-order chi connectivity index (χ1) is 19.9. The van der Waals surface area contributed by atoms with Crippen molar-refractivity contribution in [1.29, 1.82) is 0 Å². The van der Waals surface area contributed by atoms with Crippen molar-refractivity contribution < 1.29 is 24.2 Å². The number of carboxylic acid groups (broad SMARTS) is 1. The molecule has 7 nitrogen and oxygen atoms in total. The van der Waals surface area contributed by atoms with E-state index in [1.807, 2.05) is 97.1 Å². The number of aliphatic carboxylic acids is 1. The maximum Gasteiger partial charge on any atom is 0.410 e. The van der Waals surface area contributed by atoms with Crippen LogP contribution in [0.1, 0.15) is 28.2 Å². The summed E-state index contributed by atoms with van der Waals surface area (Å²) < 4.78 is 5.81. The summed E-state index contributed by atoms with van der Waals surface area (Å²) in [7, 11) is 1.51. The lowest BCUT2D eigenvalue weighted by Crippen LogP contribution is -2.53. The molecule has 0 aromatic heterocycles. The molecular formula is C34H32N2O5. The summed E-state index contributed by atoms with van der Waals surface area (Å²) in [5.74, 6) is -1.83. The number of amides is 2. The average Bonchev–Trinajstić information content (AvgIpc) is 3.32. The number of carbonyl (C=O) groups is 3. The van der Waals surface area contributed by atoms with Crippen LogP contribution in [-0.4, -0.2) is 53.7 Å². The van der Waals surface area contributed by atoms with Gasteiger partial charge >= 0.3 is 12.1 Å². The van der Waals surface area contributed by atoms with Crippen LogP contribution in [0.5, 0.6) is 0 Å². The van der Waals surface area contributed by atoms with Gasteiger partial charge in [0.2, 0.25) is 5.91 Å². The summed E-state index contributed by atoms with van der Waals surface area (Å²) in [6, 6.07) is 32.4. The van der Waals surface area contributed by atoms with Gasteiger partial charge in [0.15, 0.2) is 0 Å². The Hall–Kier alpha value is -4.91. The molecule has 0 aliphatic heterocycles. The zero-order valence-electron chi connectivity index (χ0n) is 22.8. The highest BCUT2D eigenvalue weighted by molar-refractivity contribution is 5.89. The molecule has 0 heterocycles. The lowest BCUT2D eigenvalue weighted by molar-refractivity contribution is -0.142. The summed E-state index contributed by atoms with van der Waals surface area (Å²) in [4.78, 5) is 40.3. The number of fused-ring (bicyclic) bond motifs is 3. The Balaban J connectivity index is 1.32. The summed E-state index contributed by atoms with van der Waals surface area (Å²) >= 11 is 0. The molecule has 1 aliphatic rings. The molecule has 2 N–H and O–H groups in total. The highest BCUT2D eigenvalue weighted by Gasteiger charge is 2.33. The second-order valence-electron chi connectivity index (χ2n) is 10.2. The van der Waals surface area contributed by atoms with Crippen LogP contribution in [-0.2, 0) is 27.2 Å². The fourth-order valence-electron chi connectivity index (χ4n) is 5.38. The third-order valence-corrected chi connectivity index (χ3v) is 7.56. The molecule has 0 fully saturated rings. The maximum atomic E-state index is 13.6. The van der Waals surface area contributed by atoms with Gasteiger partial charge in [-0.25, -0.2) is 9.59 Å². The van der Waals surface area contributed by atoms with Crippen molar-refractivity contribution in [2.75, 3.05) is 13.7 Å². The number of rotatable bonds is 10. The highest BCUT2D eigenvalue weighted by Crippen LogP contribution is 2.44. The molecule has 41 heavy (non-hydrogen) atoms. The average molecular weight is 549 g/mol. The number of ether oxygens (including phenoxy) is 1. The fraction of sp³-hybridized carbons (Fsp3) is 0.206. The van der Waals surface area contributed by atoms with Crippen molar-refractivity contribution in [3.8, 4) is 11.1 Å². The van der Waals surface area contributed by atoms with Crippen LogP contribution < -0.4 is 5.32 Å². The zero-order chi connectivity index (χ0) is 28.8. The minimum Gasteiger partial charge on any atom is -0.480 e. The van der Waals surface area contributed by atoms with E-state index in [9.17, 15) is 19.5 Å². The van der Waals surface area contributed by atoms with Gasteiger partial charge in [-0.3, -0.25) is 9.69 Å². The molecule has 7 heteroatoms. The molecule has 4 aromatic carbocycles. The van der Waals surface area contributed by atoms with Crippen molar-refractivity contribution in [2.45, 2.75) is 30.8 Å². The number of nitrogens with zero attached hydrogens (tertiary/aromatic N) is 1. The Kier molecular flexibility index (Phi) is 8.44. The Morgan fingerprint density at radius 1 is 0.756 bits per heavy atom. The lowest BCUT2D eigenvalue weighted by Gasteiger charge is -2.28. The molecule has 208 valence electrons. The van der Waals surface area contributed by atoms with E-state index in [2.05, 4.69) is 17.4 Å². The van der Waals surface area contributed by atoms with Crippen LogP contribution in [0, 0.1) is 0 Å². The van der Waals surface area contributed by atoms with Gasteiger partial charge in [0.1, 0.15) is 18.7 Å². The second-order valence-corrected chi connectivity index (χ2v) is 10.2. The van der Waals surface area contributed by atoms with Crippen molar-refractivity contribution in [1.82, 2.24) is 10.2 Å². The third kappa shape index (κ3) is 6.30. The Bertz CT molecular complexity index is 1480. The first-order valence-corrected chi connectivity index (χ1v) is 13.6. The largest absolute Gasteiger partial charge is 0.480 e. The van der Waals surface area contributed by atoms with Gasteiger partial charge in [0.25, 0.3) is 0 Å². The Morgan fingerprint density at radius 2 is 1.24 bits per heavy atom. The summed E-state index contributed by atoms with van der Waals surface area (Å²) in [6.45, 7) is 0.114. The lowest BCUT2D eigenvalue weighted by atomic mass is 9.98. The van der Waals surface area contributed by atoms with Gasteiger partial charge in [-0.1, -0.05) is 109 Å². The number of nitrogens with one attached hydrogen (secondary N) is 1. The normalized spacial score (nSPS) is 13.4. The molecule has 1 aliphatic carbocycles.